The quantitative estimate of drug-likeness (QED) is 0.799. The summed E-state index contributed by atoms with van der Waals surface area (Å²) < 4.78 is 5.11. The number of benzene rings is 1. The summed E-state index contributed by atoms with van der Waals surface area (Å²) in [7, 11) is 0. The zero-order valence-corrected chi connectivity index (χ0v) is 14.3. The van der Waals surface area contributed by atoms with Crippen molar-refractivity contribution in [2.24, 2.45) is 5.92 Å². The van der Waals surface area contributed by atoms with Gasteiger partial charge in [0.05, 0.1) is 19.7 Å². The van der Waals surface area contributed by atoms with E-state index in [9.17, 15) is 9.59 Å². The molecule has 2 atom stereocenters. The van der Waals surface area contributed by atoms with Crippen molar-refractivity contribution < 1.29 is 19.2 Å². The molecule has 1 heterocycles. The maximum absolute atomic E-state index is 12.3. The molecule has 1 unspecified atom stereocenters. The van der Waals surface area contributed by atoms with Crippen molar-refractivity contribution in [1.82, 2.24) is 0 Å². The Balaban J connectivity index is 1.89. The average molecular weight is 319 g/mol. The van der Waals surface area contributed by atoms with E-state index in [4.69, 9.17) is 4.74 Å². The summed E-state index contributed by atoms with van der Waals surface area (Å²) in [4.78, 5) is 25.3. The lowest BCUT2D eigenvalue weighted by atomic mass is 9.98. The van der Waals surface area contributed by atoms with Crippen LogP contribution in [-0.4, -0.2) is 38.1 Å². The van der Waals surface area contributed by atoms with Crippen LogP contribution in [0.1, 0.15) is 30.9 Å². The van der Waals surface area contributed by atoms with Crippen molar-refractivity contribution in [3.63, 3.8) is 0 Å². The SMILES string of the molecule is CCOC(=O)[C@@H]1CCC[NH+](CC(=O)Nc2cccc(C)c2C)C1. The number of likely N-dealkylation sites (tertiary alicyclic amines) is 1. The van der Waals surface area contributed by atoms with Crippen molar-refractivity contribution in [2.45, 2.75) is 33.6 Å². The monoisotopic (exact) mass is 319 g/mol. The largest absolute Gasteiger partial charge is 0.466 e. The first-order valence-electron chi connectivity index (χ1n) is 8.37. The smallest absolute Gasteiger partial charge is 0.314 e. The van der Waals surface area contributed by atoms with Gasteiger partial charge in [-0.05, 0) is 50.8 Å². The molecule has 0 spiro atoms. The lowest BCUT2D eigenvalue weighted by Gasteiger charge is -2.28. The summed E-state index contributed by atoms with van der Waals surface area (Å²) in [5.41, 5.74) is 3.13. The molecule has 1 amide bonds. The topological polar surface area (TPSA) is 59.8 Å². The lowest BCUT2D eigenvalue weighted by molar-refractivity contribution is -0.899. The van der Waals surface area contributed by atoms with Crippen LogP contribution in [0.25, 0.3) is 0 Å². The Morgan fingerprint density at radius 3 is 2.87 bits per heavy atom. The number of anilines is 1. The van der Waals surface area contributed by atoms with Crippen LogP contribution in [0.2, 0.25) is 0 Å². The first-order valence-corrected chi connectivity index (χ1v) is 8.37. The summed E-state index contributed by atoms with van der Waals surface area (Å²) in [6, 6.07) is 5.90. The van der Waals surface area contributed by atoms with E-state index < -0.39 is 0 Å². The number of hydrogen-bond donors (Lipinski definition) is 2. The van der Waals surface area contributed by atoms with Gasteiger partial charge in [-0.15, -0.1) is 0 Å². The Morgan fingerprint density at radius 2 is 2.13 bits per heavy atom. The van der Waals surface area contributed by atoms with Crippen molar-refractivity contribution >= 4 is 17.6 Å². The predicted octanol–water partition coefficient (Wildman–Crippen LogP) is 1.10. The van der Waals surface area contributed by atoms with Crippen molar-refractivity contribution in [3.8, 4) is 0 Å². The van der Waals surface area contributed by atoms with Gasteiger partial charge >= 0.3 is 5.97 Å². The highest BCUT2D eigenvalue weighted by atomic mass is 16.5. The Kier molecular flexibility index (Phi) is 6.16. The minimum Gasteiger partial charge on any atom is -0.466 e. The van der Waals surface area contributed by atoms with Crippen molar-refractivity contribution in [2.75, 3.05) is 31.6 Å². The zero-order valence-electron chi connectivity index (χ0n) is 14.3. The number of hydrogen-bond acceptors (Lipinski definition) is 3. The lowest BCUT2D eigenvalue weighted by Crippen LogP contribution is -3.14. The molecule has 0 aromatic heterocycles. The number of carbonyl (C=O) groups excluding carboxylic acids is 2. The second kappa shape index (κ2) is 8.11. The van der Waals surface area contributed by atoms with E-state index in [1.807, 2.05) is 39.0 Å². The molecule has 126 valence electrons. The minimum atomic E-state index is -0.125. The first-order chi connectivity index (χ1) is 11.0. The summed E-state index contributed by atoms with van der Waals surface area (Å²) in [6.07, 6.45) is 1.82. The van der Waals surface area contributed by atoms with Crippen LogP contribution < -0.4 is 10.2 Å². The second-order valence-electron chi connectivity index (χ2n) is 6.27. The number of piperidine rings is 1. The van der Waals surface area contributed by atoms with E-state index in [2.05, 4.69) is 5.32 Å². The molecular weight excluding hydrogens is 292 g/mol. The number of amides is 1. The van der Waals surface area contributed by atoms with E-state index in [0.29, 0.717) is 19.7 Å². The molecule has 1 aromatic rings. The molecule has 1 aliphatic rings. The molecule has 2 rings (SSSR count). The fraction of sp³-hybridized carbons (Fsp3) is 0.556. The highest BCUT2D eigenvalue weighted by Crippen LogP contribution is 2.17. The fourth-order valence-corrected chi connectivity index (χ4v) is 3.08. The molecule has 0 aliphatic carbocycles. The predicted molar refractivity (Wildman–Crippen MR) is 89.5 cm³/mol. The number of aryl methyl sites for hydroxylation is 1. The Morgan fingerprint density at radius 1 is 1.35 bits per heavy atom. The van der Waals surface area contributed by atoms with Gasteiger partial charge in [0.25, 0.3) is 5.91 Å². The molecule has 5 heteroatoms. The summed E-state index contributed by atoms with van der Waals surface area (Å²) >= 11 is 0. The number of rotatable bonds is 5. The third kappa shape index (κ3) is 4.79. The Hall–Kier alpha value is -1.88. The van der Waals surface area contributed by atoms with E-state index in [-0.39, 0.29) is 17.8 Å². The summed E-state index contributed by atoms with van der Waals surface area (Å²) in [6.45, 7) is 8.28. The van der Waals surface area contributed by atoms with E-state index in [1.54, 1.807) is 0 Å². The second-order valence-corrected chi connectivity index (χ2v) is 6.27. The van der Waals surface area contributed by atoms with E-state index in [1.165, 1.54) is 0 Å². The van der Waals surface area contributed by atoms with Gasteiger partial charge in [-0.1, -0.05) is 12.1 Å². The third-order valence-corrected chi connectivity index (χ3v) is 4.53. The molecule has 1 aliphatic heterocycles. The Bertz CT molecular complexity index is 571. The molecule has 0 saturated carbocycles. The molecule has 0 bridgehead atoms. The van der Waals surface area contributed by atoms with Gasteiger partial charge < -0.3 is 15.0 Å². The van der Waals surface area contributed by atoms with Gasteiger partial charge in [0.15, 0.2) is 6.54 Å². The molecular formula is C18H27N2O3+. The Labute approximate surface area is 138 Å². The van der Waals surface area contributed by atoms with Crippen LogP contribution in [0.15, 0.2) is 18.2 Å². The van der Waals surface area contributed by atoms with Gasteiger partial charge in [-0.3, -0.25) is 9.59 Å². The highest BCUT2D eigenvalue weighted by Gasteiger charge is 2.30. The van der Waals surface area contributed by atoms with Crippen LogP contribution in [0.5, 0.6) is 0 Å². The van der Waals surface area contributed by atoms with Gasteiger partial charge in [-0.2, -0.15) is 0 Å². The summed E-state index contributed by atoms with van der Waals surface area (Å²) in [5.74, 6) is -0.204. The van der Waals surface area contributed by atoms with Gasteiger partial charge in [-0.25, -0.2) is 0 Å². The first kappa shape index (κ1) is 17.5. The van der Waals surface area contributed by atoms with E-state index in [0.717, 1.165) is 41.1 Å². The average Bonchev–Trinajstić information content (AvgIpc) is 2.52. The number of esters is 1. The van der Waals surface area contributed by atoms with Crippen LogP contribution >= 0.6 is 0 Å². The standard InChI is InChI=1S/C18H26N2O3/c1-4-23-18(22)15-8-6-10-20(11-15)12-17(21)19-16-9-5-7-13(2)14(16)3/h5,7,9,15H,4,6,8,10-12H2,1-3H3,(H,19,21)/p+1/t15-/m1/s1. The number of quaternary nitrogens is 1. The molecule has 1 fully saturated rings. The number of carbonyl (C=O) groups is 2. The number of ether oxygens (including phenoxy) is 1. The molecule has 1 saturated heterocycles. The maximum Gasteiger partial charge on any atom is 0.314 e. The molecule has 23 heavy (non-hydrogen) atoms. The normalized spacial score (nSPS) is 20.8. The molecule has 0 radical (unpaired) electrons. The summed E-state index contributed by atoms with van der Waals surface area (Å²) in [5, 5.41) is 2.99. The fourth-order valence-electron chi connectivity index (χ4n) is 3.08. The van der Waals surface area contributed by atoms with Crippen molar-refractivity contribution in [3.05, 3.63) is 29.3 Å². The minimum absolute atomic E-state index is 0.00166. The van der Waals surface area contributed by atoms with Crippen molar-refractivity contribution in [1.29, 1.82) is 0 Å². The van der Waals surface area contributed by atoms with Crippen LogP contribution in [0.4, 0.5) is 5.69 Å². The van der Waals surface area contributed by atoms with Gasteiger partial charge in [0.1, 0.15) is 5.92 Å². The highest BCUT2D eigenvalue weighted by molar-refractivity contribution is 5.92. The van der Waals surface area contributed by atoms with Crippen LogP contribution in [0.3, 0.4) is 0 Å². The molecule has 1 aromatic carbocycles. The zero-order chi connectivity index (χ0) is 16.8. The van der Waals surface area contributed by atoms with Gasteiger partial charge in [0.2, 0.25) is 0 Å². The van der Waals surface area contributed by atoms with Crippen LogP contribution in [0, 0.1) is 19.8 Å². The van der Waals surface area contributed by atoms with E-state index >= 15 is 0 Å². The molecule has 2 N–H and O–H groups in total. The third-order valence-electron chi connectivity index (χ3n) is 4.53. The van der Waals surface area contributed by atoms with Gasteiger partial charge in [0, 0.05) is 5.69 Å². The maximum atomic E-state index is 12.3. The number of nitrogens with one attached hydrogen (secondary N) is 2. The van der Waals surface area contributed by atoms with Crippen LogP contribution in [-0.2, 0) is 14.3 Å². The molecule has 5 nitrogen and oxygen atoms in total.